The summed E-state index contributed by atoms with van der Waals surface area (Å²) < 4.78 is 31.6. The Hall–Kier alpha value is -8.03. The lowest BCUT2D eigenvalue weighted by molar-refractivity contribution is 0.0393. The topological polar surface area (TPSA) is 224 Å². The largest absolute Gasteiger partial charge is 0.445 e. The van der Waals surface area contributed by atoms with Crippen molar-refractivity contribution in [1.29, 1.82) is 0 Å². The summed E-state index contributed by atoms with van der Waals surface area (Å²) in [6.45, 7) is 18.5. The third-order valence-electron chi connectivity index (χ3n) is 12.8. The Morgan fingerprint density at radius 2 is 1.01 bits per heavy atom. The third-order valence-corrected chi connectivity index (χ3v) is 13.2. The molecule has 8 rings (SSSR count). The van der Waals surface area contributed by atoms with Crippen LogP contribution in [-0.2, 0) is 59.1 Å². The fraction of sp³-hybridized carbons (Fsp3) is 0.410. The first kappa shape index (κ1) is 62.2. The van der Waals surface area contributed by atoms with Gasteiger partial charge in [-0.3, -0.25) is 10.2 Å². The average molecular weight is 1140 g/mol. The summed E-state index contributed by atoms with van der Waals surface area (Å²) in [6.07, 6.45) is -3.86. The van der Waals surface area contributed by atoms with E-state index in [0.29, 0.717) is 44.1 Å². The number of amides is 6. The summed E-state index contributed by atoms with van der Waals surface area (Å²) >= 11 is 5.33. The smallest absolute Gasteiger partial charge is 0.414 e. The number of likely N-dealkylation sites (tertiary alicyclic amines) is 2. The first-order valence-corrected chi connectivity index (χ1v) is 27.2. The molecular formula is C61H75ClN6O13. The van der Waals surface area contributed by atoms with Crippen LogP contribution in [0.3, 0.4) is 0 Å². The number of carbonyl (C=O) groups excluding carboxylic acids is 6. The van der Waals surface area contributed by atoms with Crippen molar-refractivity contribution >= 4 is 59.5 Å². The molecule has 0 aromatic heterocycles. The molecule has 0 saturated carbocycles. The normalized spacial score (nSPS) is 16.1. The first-order chi connectivity index (χ1) is 38.4. The molecule has 0 unspecified atom stereocenters. The van der Waals surface area contributed by atoms with Crippen molar-refractivity contribution in [3.8, 4) is 0 Å². The molecule has 3 aliphatic rings. The number of aliphatic hydroxyl groups excluding tert-OH is 1. The molecule has 5 aromatic carbocycles. The molecular weight excluding hydrogens is 1060 g/mol. The number of benzene rings is 5. The van der Waals surface area contributed by atoms with Crippen molar-refractivity contribution in [2.45, 2.75) is 109 Å². The van der Waals surface area contributed by atoms with E-state index in [0.717, 1.165) is 27.8 Å². The average Bonchev–Trinajstić information content (AvgIpc) is 3.84. The Bertz CT molecular complexity index is 2840. The zero-order valence-corrected chi connectivity index (χ0v) is 48.0. The second kappa shape index (κ2) is 28.4. The minimum Gasteiger partial charge on any atom is -0.445 e. The van der Waals surface area contributed by atoms with Gasteiger partial charge in [0.25, 0.3) is 0 Å². The van der Waals surface area contributed by atoms with Crippen molar-refractivity contribution in [3.63, 3.8) is 0 Å². The zero-order chi connectivity index (χ0) is 58.8. The third kappa shape index (κ3) is 19.9. The molecule has 20 heteroatoms. The number of hydrogen-bond acceptors (Lipinski definition) is 13. The van der Waals surface area contributed by atoms with Gasteiger partial charge >= 0.3 is 36.6 Å². The van der Waals surface area contributed by atoms with E-state index in [9.17, 15) is 28.8 Å². The van der Waals surface area contributed by atoms with Gasteiger partial charge in [-0.25, -0.2) is 28.8 Å². The predicted octanol–water partition coefficient (Wildman–Crippen LogP) is 10.9. The van der Waals surface area contributed by atoms with Crippen LogP contribution in [0.1, 0.15) is 83.2 Å². The minimum absolute atomic E-state index is 0.0931. The van der Waals surface area contributed by atoms with E-state index >= 15 is 0 Å². The van der Waals surface area contributed by atoms with E-state index in [1.54, 1.807) is 56.2 Å². The number of alkyl carbamates (subject to hydrolysis) is 2. The van der Waals surface area contributed by atoms with Crippen LogP contribution in [0.25, 0.3) is 0 Å². The van der Waals surface area contributed by atoms with E-state index in [1.807, 2.05) is 140 Å². The van der Waals surface area contributed by atoms with Crippen LogP contribution in [0.2, 0.25) is 0 Å². The lowest BCUT2D eigenvalue weighted by Crippen LogP contribution is -2.59. The molecule has 2 atom stereocenters. The highest BCUT2D eigenvalue weighted by Crippen LogP contribution is 2.37. The van der Waals surface area contributed by atoms with Crippen LogP contribution < -0.4 is 20.9 Å². The van der Waals surface area contributed by atoms with Gasteiger partial charge < -0.3 is 54.0 Å². The molecule has 5 aromatic rings. The maximum atomic E-state index is 12.4. The van der Waals surface area contributed by atoms with Gasteiger partial charge in [0.05, 0.1) is 25.1 Å². The Morgan fingerprint density at radius 3 is 1.43 bits per heavy atom. The number of cyclic esters (lactones) is 1. The molecule has 3 heterocycles. The summed E-state index contributed by atoms with van der Waals surface area (Å²) in [4.78, 5) is 76.9. The van der Waals surface area contributed by atoms with Crippen LogP contribution in [-0.4, -0.2) is 127 Å². The molecule has 4 N–H and O–H groups in total. The van der Waals surface area contributed by atoms with Crippen molar-refractivity contribution in [1.82, 2.24) is 20.4 Å². The molecule has 3 fully saturated rings. The number of halogens is 1. The molecule has 0 aliphatic carbocycles. The first-order valence-electron chi connectivity index (χ1n) is 26.7. The maximum Gasteiger partial charge on any atom is 0.414 e. The number of alkyl halides is 1. The number of ether oxygens (including phenoxy) is 6. The van der Waals surface area contributed by atoms with E-state index in [-0.39, 0.29) is 61.8 Å². The van der Waals surface area contributed by atoms with Crippen LogP contribution in [0.4, 0.5) is 40.1 Å². The Labute approximate surface area is 479 Å². The standard InChI is InChI=1S/C27H33N3O6.C26H26N2O4.C8H16ClNO3/c1-26(2,3)36-23(31)28-14-22-15-30(25(33)35-22)21-12-10-20(11-13-21)27(4)17-29(18-27)24(32)34-16-19-8-6-5-7-9-19;1-26(18-28(19-26)25(30)32-17-21-10-6-3-7-11-21)22-12-14-23(15-13-22)27-24(29)31-16-20-8-4-2-5-9-20;1-8(2,3)13-7(12)10-5-6(11)4-9/h5-13,22H,14-18H2,1-4H3,(H,28,31);2-15H,16-19H2,1H3,(H,27,29);6,11H,4-5H2,1-3H3,(H,10,12)/t22-;;6-/m0.1/s1. The molecule has 434 valence electrons. The molecule has 0 bridgehead atoms. The number of nitrogens with one attached hydrogen (secondary N) is 3. The van der Waals surface area contributed by atoms with Gasteiger partial charge in [0.1, 0.15) is 37.1 Å². The maximum absolute atomic E-state index is 12.4. The van der Waals surface area contributed by atoms with E-state index in [2.05, 4.69) is 29.8 Å². The minimum atomic E-state index is -0.728. The summed E-state index contributed by atoms with van der Waals surface area (Å²) in [7, 11) is 0. The summed E-state index contributed by atoms with van der Waals surface area (Å²) in [5.74, 6) is 0.0931. The fourth-order valence-electron chi connectivity index (χ4n) is 8.63. The van der Waals surface area contributed by atoms with Crippen molar-refractivity contribution in [2.24, 2.45) is 0 Å². The summed E-state index contributed by atoms with van der Waals surface area (Å²) in [6, 6.07) is 44.1. The van der Waals surface area contributed by atoms with Crippen molar-refractivity contribution in [3.05, 3.63) is 167 Å². The molecule has 0 spiro atoms. The highest BCUT2D eigenvalue weighted by molar-refractivity contribution is 6.18. The van der Waals surface area contributed by atoms with Crippen molar-refractivity contribution < 1.29 is 62.3 Å². The Kier molecular flexibility index (Phi) is 21.8. The zero-order valence-electron chi connectivity index (χ0n) is 47.3. The second-order valence-electron chi connectivity index (χ2n) is 22.4. The lowest BCUT2D eigenvalue weighted by atomic mass is 9.76. The number of aliphatic hydroxyl groups is 1. The van der Waals surface area contributed by atoms with Crippen LogP contribution in [0.5, 0.6) is 0 Å². The predicted molar refractivity (Wildman–Crippen MR) is 307 cm³/mol. The van der Waals surface area contributed by atoms with E-state index in [4.69, 9.17) is 45.1 Å². The monoisotopic (exact) mass is 1130 g/mol. The molecule has 0 radical (unpaired) electrons. The van der Waals surface area contributed by atoms with Gasteiger partial charge in [0.2, 0.25) is 0 Å². The fourth-order valence-corrected chi connectivity index (χ4v) is 8.74. The molecule has 3 saturated heterocycles. The van der Waals surface area contributed by atoms with Gasteiger partial charge in [0, 0.05) is 54.9 Å². The van der Waals surface area contributed by atoms with Gasteiger partial charge in [-0.2, -0.15) is 0 Å². The number of carbonyl (C=O) groups is 6. The highest BCUT2D eigenvalue weighted by Gasteiger charge is 2.45. The van der Waals surface area contributed by atoms with Crippen LogP contribution >= 0.6 is 11.6 Å². The molecule has 81 heavy (non-hydrogen) atoms. The number of nitrogens with zero attached hydrogens (tertiary/aromatic N) is 3. The van der Waals surface area contributed by atoms with Gasteiger partial charge in [-0.15, -0.1) is 11.6 Å². The quantitative estimate of drug-likeness (QED) is 0.0566. The molecule has 6 amide bonds. The summed E-state index contributed by atoms with van der Waals surface area (Å²) in [5, 5.41) is 16.8. The SMILES string of the molecule is CC(C)(C)OC(=O)NC[C@H](O)CCl.CC(C)(C)OC(=O)NC[C@H]1CN(c2ccc(C3(C)CN(C(=O)OCc4ccccc4)C3)cc2)C(=O)O1.CC1(c2ccc(NC(=O)OCc3ccccc3)cc2)CN(C(=O)OCc2ccccc2)C1. The van der Waals surface area contributed by atoms with Crippen LogP contribution in [0.15, 0.2) is 140 Å². The number of rotatable bonds is 15. The number of anilines is 2. The molecule has 3 aliphatic heterocycles. The number of hydrogen-bond donors (Lipinski definition) is 4. The van der Waals surface area contributed by atoms with E-state index in [1.165, 1.54) is 0 Å². The van der Waals surface area contributed by atoms with E-state index < -0.39 is 47.8 Å². The van der Waals surface area contributed by atoms with Gasteiger partial charge in [-0.05, 0) is 93.6 Å². The second-order valence-corrected chi connectivity index (χ2v) is 22.7. The molecule has 19 nitrogen and oxygen atoms in total. The van der Waals surface area contributed by atoms with Crippen molar-refractivity contribution in [2.75, 3.05) is 61.9 Å². The van der Waals surface area contributed by atoms with Crippen LogP contribution in [0, 0.1) is 0 Å². The van der Waals surface area contributed by atoms with Gasteiger partial charge in [0.15, 0.2) is 0 Å². The van der Waals surface area contributed by atoms with Gasteiger partial charge in [-0.1, -0.05) is 129 Å². The highest BCUT2D eigenvalue weighted by atomic mass is 35.5. The lowest BCUT2D eigenvalue weighted by Gasteiger charge is -2.47. The Morgan fingerprint density at radius 1 is 0.605 bits per heavy atom. The Balaban J connectivity index is 0.000000216. The summed E-state index contributed by atoms with van der Waals surface area (Å²) in [5.41, 5.74) is 4.97.